The second kappa shape index (κ2) is 10.5. The zero-order valence-corrected chi connectivity index (χ0v) is 21.5. The first kappa shape index (κ1) is 26.0. The topological polar surface area (TPSA) is 90.0 Å². The number of ether oxygens (including phenoxy) is 1. The third kappa shape index (κ3) is 5.67. The zero-order chi connectivity index (χ0) is 26.0. The zero-order valence-electron chi connectivity index (χ0n) is 18.4. The second-order valence-electron chi connectivity index (χ2n) is 7.41. The molecule has 186 valence electrons. The molecular formula is C24H16Cl2FNO6S2. The fraction of sp³-hybridized carbons (Fsp3) is 0.0833. The lowest BCUT2D eigenvalue weighted by molar-refractivity contribution is -0.123. The first-order valence-corrected chi connectivity index (χ1v) is 13.1. The molecule has 0 aromatic heterocycles. The Labute approximate surface area is 220 Å². The highest BCUT2D eigenvalue weighted by molar-refractivity contribution is 8.18. The van der Waals surface area contributed by atoms with Crippen molar-refractivity contribution in [2.75, 3.05) is 7.11 Å². The molecule has 1 heterocycles. The summed E-state index contributed by atoms with van der Waals surface area (Å²) in [7, 11) is -2.86. The van der Waals surface area contributed by atoms with Crippen LogP contribution in [0.1, 0.15) is 11.1 Å². The molecule has 1 saturated heterocycles. The van der Waals surface area contributed by atoms with Crippen LogP contribution in [0.2, 0.25) is 10.0 Å². The van der Waals surface area contributed by atoms with Crippen LogP contribution < -0.4 is 8.92 Å². The van der Waals surface area contributed by atoms with Crippen molar-refractivity contribution in [3.63, 3.8) is 0 Å². The van der Waals surface area contributed by atoms with Gasteiger partial charge >= 0.3 is 10.1 Å². The number of rotatable bonds is 7. The van der Waals surface area contributed by atoms with E-state index in [-0.39, 0.29) is 32.9 Å². The number of thioether (sulfide) groups is 1. The van der Waals surface area contributed by atoms with Gasteiger partial charge in [-0.3, -0.25) is 14.5 Å². The van der Waals surface area contributed by atoms with Gasteiger partial charge in [0.1, 0.15) is 10.7 Å². The summed E-state index contributed by atoms with van der Waals surface area (Å²) in [6.07, 6.45) is 1.43. The molecule has 0 bridgehead atoms. The molecule has 1 aliphatic rings. The number of imide groups is 1. The summed E-state index contributed by atoms with van der Waals surface area (Å²) in [5, 5.41) is -0.0667. The predicted molar refractivity (Wildman–Crippen MR) is 135 cm³/mol. The van der Waals surface area contributed by atoms with Crippen LogP contribution in [0, 0.1) is 5.82 Å². The van der Waals surface area contributed by atoms with E-state index in [2.05, 4.69) is 0 Å². The van der Waals surface area contributed by atoms with Gasteiger partial charge in [0, 0.05) is 10.0 Å². The number of amides is 2. The van der Waals surface area contributed by atoms with Crippen LogP contribution in [0.5, 0.6) is 11.5 Å². The van der Waals surface area contributed by atoms with Crippen LogP contribution in [0.15, 0.2) is 70.5 Å². The molecule has 0 radical (unpaired) electrons. The van der Waals surface area contributed by atoms with Crippen molar-refractivity contribution in [1.82, 2.24) is 4.90 Å². The molecule has 12 heteroatoms. The number of carbonyl (C=O) groups is 2. The summed E-state index contributed by atoms with van der Waals surface area (Å²) in [6.45, 7) is -0.128. The molecule has 0 saturated carbocycles. The Balaban J connectivity index is 1.59. The highest BCUT2D eigenvalue weighted by Crippen LogP contribution is 2.36. The van der Waals surface area contributed by atoms with Gasteiger partial charge in [-0.1, -0.05) is 35.3 Å². The molecule has 0 unspecified atom stereocenters. The summed E-state index contributed by atoms with van der Waals surface area (Å²) in [4.78, 5) is 26.4. The highest BCUT2D eigenvalue weighted by atomic mass is 35.5. The fourth-order valence-electron chi connectivity index (χ4n) is 3.22. The lowest BCUT2D eigenvalue weighted by atomic mass is 10.1. The van der Waals surface area contributed by atoms with E-state index in [4.69, 9.17) is 32.1 Å². The molecule has 1 aliphatic heterocycles. The maximum absolute atomic E-state index is 13.3. The van der Waals surface area contributed by atoms with Gasteiger partial charge in [-0.05, 0) is 77.5 Å². The normalized spacial score (nSPS) is 15.0. The molecule has 0 aliphatic carbocycles. The SMILES string of the molecule is COc1ccc(/C=C2\SC(=O)N(Cc3ccc(F)cc3Cl)C2=O)cc1OS(=O)(=O)c1ccc(Cl)cc1. The Morgan fingerprint density at radius 1 is 1.00 bits per heavy atom. The summed E-state index contributed by atoms with van der Waals surface area (Å²) in [6, 6.07) is 13.6. The first-order valence-electron chi connectivity index (χ1n) is 10.1. The van der Waals surface area contributed by atoms with Crippen molar-refractivity contribution in [3.05, 3.63) is 92.6 Å². The van der Waals surface area contributed by atoms with Crippen molar-refractivity contribution in [2.45, 2.75) is 11.4 Å². The molecule has 7 nitrogen and oxygen atoms in total. The fourth-order valence-corrected chi connectivity index (χ4v) is 5.35. The quantitative estimate of drug-likeness (QED) is 0.250. The Bertz CT molecular complexity index is 1490. The third-order valence-corrected chi connectivity index (χ3v) is 7.76. The summed E-state index contributed by atoms with van der Waals surface area (Å²) < 4.78 is 49.2. The van der Waals surface area contributed by atoms with Crippen molar-refractivity contribution in [1.29, 1.82) is 0 Å². The van der Waals surface area contributed by atoms with E-state index in [0.29, 0.717) is 27.9 Å². The summed E-state index contributed by atoms with van der Waals surface area (Å²) in [5.74, 6) is -1.08. The van der Waals surface area contributed by atoms with Gasteiger partial charge in [-0.2, -0.15) is 8.42 Å². The van der Waals surface area contributed by atoms with Crippen LogP contribution in [0.25, 0.3) is 6.08 Å². The van der Waals surface area contributed by atoms with Crippen LogP contribution in [0.3, 0.4) is 0 Å². The minimum absolute atomic E-state index is 0.0943. The van der Waals surface area contributed by atoms with E-state index in [1.165, 1.54) is 61.7 Å². The maximum Gasteiger partial charge on any atom is 0.339 e. The number of halogens is 3. The average molecular weight is 568 g/mol. The molecule has 0 N–H and O–H groups in total. The molecule has 3 aromatic rings. The molecule has 4 rings (SSSR count). The Hall–Kier alpha value is -3.05. The largest absolute Gasteiger partial charge is 0.493 e. The van der Waals surface area contributed by atoms with Gasteiger partial charge in [0.2, 0.25) is 0 Å². The molecule has 0 spiro atoms. The number of nitrogens with zero attached hydrogens (tertiary/aromatic N) is 1. The van der Waals surface area contributed by atoms with E-state index >= 15 is 0 Å². The standard InChI is InChI=1S/C24H16Cl2FNO6S2/c1-33-20-9-2-14(10-21(20)34-36(31,32)18-7-4-16(25)5-8-18)11-22-23(29)28(24(30)35-22)13-15-3-6-17(27)12-19(15)26/h2-12H,13H2,1H3/b22-11-. The molecule has 2 amide bonds. The first-order chi connectivity index (χ1) is 17.1. The maximum atomic E-state index is 13.3. The molecule has 36 heavy (non-hydrogen) atoms. The minimum atomic E-state index is -4.21. The van der Waals surface area contributed by atoms with Crippen molar-refractivity contribution in [3.8, 4) is 11.5 Å². The second-order valence-corrected chi connectivity index (χ2v) is 10.8. The molecule has 1 fully saturated rings. The van der Waals surface area contributed by atoms with E-state index in [1.54, 1.807) is 6.07 Å². The summed E-state index contributed by atoms with van der Waals surface area (Å²) in [5.41, 5.74) is 0.802. The van der Waals surface area contributed by atoms with Crippen molar-refractivity contribution >= 4 is 62.3 Å². The van der Waals surface area contributed by atoms with E-state index in [9.17, 15) is 22.4 Å². The van der Waals surface area contributed by atoms with Crippen LogP contribution >= 0.6 is 35.0 Å². The van der Waals surface area contributed by atoms with Crippen LogP contribution in [-0.2, 0) is 21.5 Å². The van der Waals surface area contributed by atoms with Crippen molar-refractivity contribution < 1.29 is 31.3 Å². The number of carbonyl (C=O) groups excluding carboxylic acids is 2. The van der Waals surface area contributed by atoms with Crippen LogP contribution in [0.4, 0.5) is 9.18 Å². The predicted octanol–water partition coefficient (Wildman–Crippen LogP) is 6.15. The highest BCUT2D eigenvalue weighted by Gasteiger charge is 2.35. The molecular weight excluding hydrogens is 552 g/mol. The minimum Gasteiger partial charge on any atom is -0.493 e. The van der Waals surface area contributed by atoms with E-state index in [0.717, 1.165) is 11.0 Å². The van der Waals surface area contributed by atoms with Crippen LogP contribution in [-0.4, -0.2) is 31.6 Å². The van der Waals surface area contributed by atoms with Gasteiger partial charge in [-0.25, -0.2) is 4.39 Å². The third-order valence-electron chi connectivity index (χ3n) is 5.00. The van der Waals surface area contributed by atoms with Gasteiger partial charge < -0.3 is 8.92 Å². The lowest BCUT2D eigenvalue weighted by Crippen LogP contribution is -2.27. The Morgan fingerprint density at radius 3 is 2.39 bits per heavy atom. The average Bonchev–Trinajstić information content (AvgIpc) is 3.08. The van der Waals surface area contributed by atoms with Gasteiger partial charge in [-0.15, -0.1) is 0 Å². The lowest BCUT2D eigenvalue weighted by Gasteiger charge is -2.13. The van der Waals surface area contributed by atoms with Gasteiger partial charge in [0.25, 0.3) is 11.1 Å². The number of hydrogen-bond donors (Lipinski definition) is 0. The van der Waals surface area contributed by atoms with Crippen molar-refractivity contribution in [2.24, 2.45) is 0 Å². The molecule has 3 aromatic carbocycles. The van der Waals surface area contributed by atoms with Gasteiger partial charge in [0.15, 0.2) is 11.5 Å². The van der Waals surface area contributed by atoms with E-state index in [1.807, 2.05) is 0 Å². The number of methoxy groups -OCH3 is 1. The monoisotopic (exact) mass is 567 g/mol. The smallest absolute Gasteiger partial charge is 0.339 e. The Morgan fingerprint density at radius 2 is 1.72 bits per heavy atom. The van der Waals surface area contributed by atoms with Gasteiger partial charge in [0.05, 0.1) is 18.6 Å². The van der Waals surface area contributed by atoms with E-state index < -0.39 is 27.1 Å². The number of benzene rings is 3. The molecule has 0 atom stereocenters. The Kier molecular flexibility index (Phi) is 7.60. The summed E-state index contributed by atoms with van der Waals surface area (Å²) >= 11 is 12.6. The number of hydrogen-bond acceptors (Lipinski definition) is 7.